The largest absolute Gasteiger partial charge is 0.289 e. The Bertz CT molecular complexity index is 715. The van der Waals surface area contributed by atoms with Gasteiger partial charge in [0.2, 0.25) is 0 Å². The summed E-state index contributed by atoms with van der Waals surface area (Å²) in [6.07, 6.45) is 6.32. The third-order valence-electron chi connectivity index (χ3n) is 5.16. The summed E-state index contributed by atoms with van der Waals surface area (Å²) in [5.74, 6) is 0. The van der Waals surface area contributed by atoms with Crippen LogP contribution >= 0.6 is 15.9 Å². The van der Waals surface area contributed by atoms with Gasteiger partial charge in [0.25, 0.3) is 0 Å². The van der Waals surface area contributed by atoms with Gasteiger partial charge in [-0.15, -0.1) is 0 Å². The molecule has 2 heterocycles. The Kier molecular flexibility index (Phi) is 4.13. The van der Waals surface area contributed by atoms with Crippen molar-refractivity contribution in [1.82, 2.24) is 4.90 Å². The number of rotatable bonds is 3. The number of aryl methyl sites for hydroxylation is 1. The summed E-state index contributed by atoms with van der Waals surface area (Å²) in [5.41, 5.74) is 5.69. The molecule has 0 spiro atoms. The average molecular weight is 368 g/mol. The van der Waals surface area contributed by atoms with Crippen LogP contribution in [0.5, 0.6) is 0 Å². The maximum absolute atomic E-state index is 3.64. The van der Waals surface area contributed by atoms with Crippen molar-refractivity contribution < 1.29 is 0 Å². The van der Waals surface area contributed by atoms with Crippen LogP contribution in [0.15, 0.2) is 59.1 Å². The second kappa shape index (κ2) is 6.26. The minimum absolute atomic E-state index is 0.600. The monoisotopic (exact) mass is 367 g/mol. The van der Waals surface area contributed by atoms with E-state index in [-0.39, 0.29) is 0 Å². The summed E-state index contributed by atoms with van der Waals surface area (Å²) >= 11 is 3.64. The molecule has 2 aromatic carbocycles. The second-order valence-corrected chi connectivity index (χ2v) is 7.79. The lowest BCUT2D eigenvalue weighted by Gasteiger charge is -2.34. The zero-order valence-corrected chi connectivity index (χ0v) is 15.1. The van der Waals surface area contributed by atoms with Crippen molar-refractivity contribution in [2.75, 3.05) is 0 Å². The lowest BCUT2D eigenvalue weighted by Crippen LogP contribution is -2.37. The van der Waals surface area contributed by atoms with Crippen molar-refractivity contribution in [3.8, 4) is 0 Å². The summed E-state index contributed by atoms with van der Waals surface area (Å²) in [6.45, 7) is 3.26. The number of hydrogen-bond acceptors (Lipinski definition) is 1. The van der Waals surface area contributed by atoms with Gasteiger partial charge in [-0.05, 0) is 60.6 Å². The van der Waals surface area contributed by atoms with Gasteiger partial charge in [0, 0.05) is 23.1 Å². The maximum atomic E-state index is 3.64. The fraction of sp³-hybridized carbons (Fsp3) is 0.333. The van der Waals surface area contributed by atoms with Crippen molar-refractivity contribution in [2.45, 2.75) is 44.8 Å². The predicted molar refractivity (Wildman–Crippen MR) is 100 cm³/mol. The molecule has 2 unspecified atom stereocenters. The molecule has 2 atom stereocenters. The molecule has 0 aromatic heterocycles. The molecule has 0 N–H and O–H groups in total. The Hall–Kier alpha value is -1.38. The third-order valence-corrected chi connectivity index (χ3v) is 5.62. The van der Waals surface area contributed by atoms with Gasteiger partial charge in [-0.2, -0.15) is 0 Å². The fourth-order valence-electron chi connectivity index (χ4n) is 4.09. The van der Waals surface area contributed by atoms with Crippen molar-refractivity contribution in [2.24, 2.45) is 0 Å². The molecular formula is C21H22BrN. The summed E-state index contributed by atoms with van der Waals surface area (Å²) in [4.78, 5) is 2.70. The Morgan fingerprint density at radius 2 is 1.91 bits per heavy atom. The van der Waals surface area contributed by atoms with Gasteiger partial charge >= 0.3 is 0 Å². The van der Waals surface area contributed by atoms with E-state index in [1.807, 2.05) is 0 Å². The molecule has 4 rings (SSSR count). The molecule has 0 aliphatic carbocycles. The third kappa shape index (κ3) is 3.15. The molecular weight excluding hydrogens is 346 g/mol. The normalized spacial score (nSPS) is 23.8. The number of benzene rings is 2. The van der Waals surface area contributed by atoms with Gasteiger partial charge in [0.05, 0.1) is 0 Å². The van der Waals surface area contributed by atoms with Crippen molar-refractivity contribution >= 4 is 21.5 Å². The highest BCUT2D eigenvalue weighted by atomic mass is 79.9. The SMILES string of the molecule is Cc1cc(Br)cc(C2=CC3CCC(C2)N3Cc2ccccc2)c1. The van der Waals surface area contributed by atoms with Crippen LogP contribution in [0.4, 0.5) is 0 Å². The van der Waals surface area contributed by atoms with Crippen LogP contribution < -0.4 is 0 Å². The molecule has 0 saturated carbocycles. The molecule has 2 aromatic rings. The minimum atomic E-state index is 0.600. The molecule has 23 heavy (non-hydrogen) atoms. The van der Waals surface area contributed by atoms with E-state index in [1.165, 1.54) is 46.0 Å². The lowest BCUT2D eigenvalue weighted by molar-refractivity contribution is 0.203. The van der Waals surface area contributed by atoms with Crippen LogP contribution in [-0.4, -0.2) is 17.0 Å². The molecule has 1 nitrogen and oxygen atoms in total. The van der Waals surface area contributed by atoms with E-state index < -0.39 is 0 Å². The first-order valence-electron chi connectivity index (χ1n) is 8.47. The van der Waals surface area contributed by atoms with Crippen LogP contribution in [0.3, 0.4) is 0 Å². The zero-order valence-electron chi connectivity index (χ0n) is 13.5. The van der Waals surface area contributed by atoms with Crippen LogP contribution in [0.1, 0.15) is 36.0 Å². The van der Waals surface area contributed by atoms with Gasteiger partial charge in [0.1, 0.15) is 0 Å². The molecule has 1 saturated heterocycles. The summed E-state index contributed by atoms with van der Waals surface area (Å²) in [6, 6.07) is 19.0. The molecule has 2 aliphatic rings. The highest BCUT2D eigenvalue weighted by molar-refractivity contribution is 9.10. The molecule has 2 heteroatoms. The Morgan fingerprint density at radius 3 is 2.65 bits per heavy atom. The number of hydrogen-bond donors (Lipinski definition) is 0. The summed E-state index contributed by atoms with van der Waals surface area (Å²) < 4.78 is 1.19. The molecule has 118 valence electrons. The lowest BCUT2D eigenvalue weighted by atomic mass is 9.93. The van der Waals surface area contributed by atoms with Crippen LogP contribution in [0.25, 0.3) is 5.57 Å². The van der Waals surface area contributed by atoms with Gasteiger partial charge in [-0.25, -0.2) is 0 Å². The van der Waals surface area contributed by atoms with E-state index in [0.717, 1.165) is 6.54 Å². The molecule has 2 bridgehead atoms. The zero-order chi connectivity index (χ0) is 15.8. The van der Waals surface area contributed by atoms with E-state index in [2.05, 4.69) is 82.4 Å². The maximum Gasteiger partial charge on any atom is 0.0291 e. The smallest absolute Gasteiger partial charge is 0.0291 e. The van der Waals surface area contributed by atoms with Crippen molar-refractivity contribution in [1.29, 1.82) is 0 Å². The standard InChI is InChI=1S/C21H22BrN/c1-15-9-17(11-19(22)10-15)18-12-20-7-8-21(13-18)23(20)14-16-5-3-2-4-6-16/h2-6,9-12,20-21H,7-8,13-14H2,1H3. The van der Waals surface area contributed by atoms with E-state index in [0.29, 0.717) is 12.1 Å². The van der Waals surface area contributed by atoms with Gasteiger partial charge in [0.15, 0.2) is 0 Å². The minimum Gasteiger partial charge on any atom is -0.289 e. The average Bonchev–Trinajstić information content (AvgIpc) is 2.77. The Morgan fingerprint density at radius 1 is 1.09 bits per heavy atom. The summed E-state index contributed by atoms with van der Waals surface area (Å²) in [7, 11) is 0. The van der Waals surface area contributed by atoms with Gasteiger partial charge in [-0.1, -0.05) is 58.4 Å². The first-order valence-corrected chi connectivity index (χ1v) is 9.26. The Balaban J connectivity index is 1.59. The van der Waals surface area contributed by atoms with E-state index in [1.54, 1.807) is 0 Å². The molecule has 0 amide bonds. The van der Waals surface area contributed by atoms with Crippen molar-refractivity contribution in [3.63, 3.8) is 0 Å². The van der Waals surface area contributed by atoms with Crippen LogP contribution in [0.2, 0.25) is 0 Å². The van der Waals surface area contributed by atoms with Crippen molar-refractivity contribution in [3.05, 3.63) is 75.8 Å². The predicted octanol–water partition coefficient (Wildman–Crippen LogP) is 5.58. The Labute approximate surface area is 147 Å². The van der Waals surface area contributed by atoms with Crippen LogP contribution in [0, 0.1) is 6.92 Å². The van der Waals surface area contributed by atoms with Gasteiger partial charge in [-0.3, -0.25) is 4.90 Å². The fourth-order valence-corrected chi connectivity index (χ4v) is 4.70. The molecule has 2 aliphatic heterocycles. The summed E-state index contributed by atoms with van der Waals surface area (Å²) in [5, 5.41) is 0. The topological polar surface area (TPSA) is 3.24 Å². The van der Waals surface area contributed by atoms with E-state index >= 15 is 0 Å². The van der Waals surface area contributed by atoms with Gasteiger partial charge < -0.3 is 0 Å². The first kappa shape index (κ1) is 15.2. The number of halogens is 1. The molecule has 1 fully saturated rings. The quantitative estimate of drug-likeness (QED) is 0.684. The molecule has 0 radical (unpaired) electrons. The van der Waals surface area contributed by atoms with Crippen LogP contribution in [-0.2, 0) is 6.54 Å². The number of fused-ring (bicyclic) bond motifs is 2. The highest BCUT2D eigenvalue weighted by Crippen LogP contribution is 2.40. The number of nitrogens with zero attached hydrogens (tertiary/aromatic N) is 1. The van der Waals surface area contributed by atoms with E-state index in [9.17, 15) is 0 Å². The second-order valence-electron chi connectivity index (χ2n) is 6.87. The first-order chi connectivity index (χ1) is 11.2. The highest BCUT2D eigenvalue weighted by Gasteiger charge is 2.36. The van der Waals surface area contributed by atoms with E-state index in [4.69, 9.17) is 0 Å².